The number of rotatable bonds is 2. The van der Waals surface area contributed by atoms with Crippen LogP contribution in [0.4, 0.5) is 0 Å². The predicted octanol–water partition coefficient (Wildman–Crippen LogP) is 3.72. The average Bonchev–Trinajstić information content (AvgIpc) is 2.93. The van der Waals surface area contributed by atoms with Crippen molar-refractivity contribution in [2.45, 2.75) is 20.4 Å². The number of hydrogen-bond acceptors (Lipinski definition) is 3. The van der Waals surface area contributed by atoms with Crippen molar-refractivity contribution in [2.75, 3.05) is 0 Å². The second kappa shape index (κ2) is 5.46. The van der Waals surface area contributed by atoms with Crippen molar-refractivity contribution < 1.29 is 0 Å². The summed E-state index contributed by atoms with van der Waals surface area (Å²) < 4.78 is 3.48. The molecule has 0 saturated heterocycles. The normalized spacial score (nSPS) is 11.5. The van der Waals surface area contributed by atoms with E-state index in [0.29, 0.717) is 22.8 Å². The monoisotopic (exact) mass is 338 g/mol. The number of aromatic nitrogens is 4. The molecule has 0 unspecified atom stereocenters. The summed E-state index contributed by atoms with van der Waals surface area (Å²) in [5.74, 6) is 0. The number of benzene rings is 1. The Morgan fingerprint density at radius 1 is 1.25 bits per heavy atom. The summed E-state index contributed by atoms with van der Waals surface area (Å²) >= 11 is 6.20. The van der Waals surface area contributed by atoms with Crippen molar-refractivity contribution in [3.05, 3.63) is 63.8 Å². The number of aryl methyl sites for hydroxylation is 2. The molecule has 5 nitrogen and oxygen atoms in total. The van der Waals surface area contributed by atoms with E-state index in [1.807, 2.05) is 42.8 Å². The highest BCUT2D eigenvalue weighted by Gasteiger charge is 2.18. The summed E-state index contributed by atoms with van der Waals surface area (Å²) in [6.45, 7) is 4.71. The molecule has 0 saturated carbocycles. The molecule has 3 heterocycles. The van der Waals surface area contributed by atoms with Gasteiger partial charge in [-0.25, -0.2) is 0 Å². The Morgan fingerprint density at radius 2 is 2.08 bits per heavy atom. The summed E-state index contributed by atoms with van der Waals surface area (Å²) in [4.78, 5) is 17.3. The van der Waals surface area contributed by atoms with E-state index in [2.05, 4.69) is 10.1 Å². The van der Waals surface area contributed by atoms with Crippen molar-refractivity contribution in [3.63, 3.8) is 0 Å². The molecule has 6 heteroatoms. The molecule has 0 bridgehead atoms. The van der Waals surface area contributed by atoms with Gasteiger partial charge in [-0.3, -0.25) is 19.0 Å². The minimum absolute atomic E-state index is 0.164. The fourth-order valence-corrected chi connectivity index (χ4v) is 3.35. The largest absolute Gasteiger partial charge is 0.284 e. The summed E-state index contributed by atoms with van der Waals surface area (Å²) in [6, 6.07) is 9.25. The van der Waals surface area contributed by atoms with Gasteiger partial charge in [0.15, 0.2) is 5.52 Å². The number of pyridine rings is 2. The van der Waals surface area contributed by atoms with Crippen molar-refractivity contribution in [1.29, 1.82) is 0 Å². The minimum atomic E-state index is -0.164. The molecule has 4 rings (SSSR count). The molecule has 0 N–H and O–H groups in total. The lowest BCUT2D eigenvalue weighted by atomic mass is 10.1. The second-order valence-electron chi connectivity index (χ2n) is 5.64. The van der Waals surface area contributed by atoms with E-state index < -0.39 is 0 Å². The van der Waals surface area contributed by atoms with Gasteiger partial charge in [-0.05, 0) is 38.1 Å². The van der Waals surface area contributed by atoms with Gasteiger partial charge in [-0.15, -0.1) is 0 Å². The lowest BCUT2D eigenvalue weighted by Crippen LogP contribution is -2.19. The first-order chi connectivity index (χ1) is 11.6. The van der Waals surface area contributed by atoms with Crippen LogP contribution in [0.3, 0.4) is 0 Å². The van der Waals surface area contributed by atoms with E-state index in [4.69, 9.17) is 11.6 Å². The fraction of sp³-hybridized carbons (Fsp3) is 0.167. The van der Waals surface area contributed by atoms with Crippen LogP contribution in [0.1, 0.15) is 12.6 Å². The van der Waals surface area contributed by atoms with E-state index in [9.17, 15) is 4.79 Å². The maximum atomic E-state index is 13.2. The maximum absolute atomic E-state index is 13.2. The number of halogens is 1. The van der Waals surface area contributed by atoms with Crippen LogP contribution in [0, 0.1) is 6.92 Å². The average molecular weight is 339 g/mol. The first-order valence-corrected chi connectivity index (χ1v) is 8.11. The molecule has 120 valence electrons. The fourth-order valence-electron chi connectivity index (χ4n) is 3.19. The van der Waals surface area contributed by atoms with Crippen molar-refractivity contribution >= 4 is 33.4 Å². The van der Waals surface area contributed by atoms with Crippen LogP contribution in [0.25, 0.3) is 27.5 Å². The Balaban J connectivity index is 2.28. The van der Waals surface area contributed by atoms with E-state index in [1.54, 1.807) is 23.0 Å². The molecule has 4 aromatic rings. The molecule has 0 aliphatic rings. The predicted molar refractivity (Wildman–Crippen MR) is 96.1 cm³/mol. The van der Waals surface area contributed by atoms with Crippen LogP contribution in [0.5, 0.6) is 0 Å². The van der Waals surface area contributed by atoms with Gasteiger partial charge in [0.05, 0.1) is 17.4 Å². The summed E-state index contributed by atoms with van der Waals surface area (Å²) in [7, 11) is 0. The lowest BCUT2D eigenvalue weighted by molar-refractivity contribution is 0.646. The Labute approximate surface area is 143 Å². The molecule has 1 aromatic carbocycles. The van der Waals surface area contributed by atoms with Crippen LogP contribution in [-0.2, 0) is 6.54 Å². The summed E-state index contributed by atoms with van der Waals surface area (Å²) in [6.07, 6.45) is 3.34. The summed E-state index contributed by atoms with van der Waals surface area (Å²) in [5, 5.41) is 6.94. The van der Waals surface area contributed by atoms with Gasteiger partial charge in [0, 0.05) is 34.2 Å². The third-order valence-corrected chi connectivity index (χ3v) is 4.52. The van der Waals surface area contributed by atoms with Crippen LogP contribution in [0.2, 0.25) is 5.02 Å². The molecule has 0 radical (unpaired) electrons. The van der Waals surface area contributed by atoms with E-state index in [1.165, 1.54) is 0 Å². The first kappa shape index (κ1) is 14.9. The number of hydrogen-bond donors (Lipinski definition) is 0. The molecule has 3 aromatic heterocycles. The van der Waals surface area contributed by atoms with Crippen molar-refractivity contribution in [3.8, 4) is 5.69 Å². The van der Waals surface area contributed by atoms with E-state index >= 15 is 0 Å². The van der Waals surface area contributed by atoms with Crippen LogP contribution in [0.15, 0.2) is 47.5 Å². The minimum Gasteiger partial charge on any atom is -0.273 e. The van der Waals surface area contributed by atoms with Crippen LogP contribution in [-0.4, -0.2) is 19.3 Å². The highest BCUT2D eigenvalue weighted by molar-refractivity contribution is 6.31. The molecule has 0 spiro atoms. The Bertz CT molecular complexity index is 1130. The van der Waals surface area contributed by atoms with Crippen LogP contribution >= 0.6 is 11.6 Å². The van der Waals surface area contributed by atoms with Gasteiger partial charge < -0.3 is 0 Å². The third-order valence-electron chi connectivity index (χ3n) is 4.29. The van der Waals surface area contributed by atoms with Crippen molar-refractivity contribution in [2.24, 2.45) is 0 Å². The molecule has 0 amide bonds. The molecular weight excluding hydrogens is 324 g/mol. The van der Waals surface area contributed by atoms with Gasteiger partial charge in [0.25, 0.3) is 5.56 Å². The SMILES string of the molecule is CCn1nc2c(=O)n(-c3cccnc3)c3cc(Cl)ccc3c2c1C. The highest BCUT2D eigenvalue weighted by Crippen LogP contribution is 2.29. The lowest BCUT2D eigenvalue weighted by Gasteiger charge is -2.11. The van der Waals surface area contributed by atoms with E-state index in [0.717, 1.165) is 22.0 Å². The zero-order valence-corrected chi connectivity index (χ0v) is 14.1. The number of fused-ring (bicyclic) bond motifs is 3. The topological polar surface area (TPSA) is 52.7 Å². The van der Waals surface area contributed by atoms with E-state index in [-0.39, 0.29) is 5.56 Å². The second-order valence-corrected chi connectivity index (χ2v) is 6.07. The molecule has 0 fully saturated rings. The quantitative estimate of drug-likeness (QED) is 0.559. The molecular formula is C18H15ClN4O. The van der Waals surface area contributed by atoms with Crippen molar-refractivity contribution in [1.82, 2.24) is 19.3 Å². The smallest absolute Gasteiger partial charge is 0.273 e. The van der Waals surface area contributed by atoms with Gasteiger partial charge in [0.1, 0.15) is 0 Å². The Morgan fingerprint density at radius 3 is 2.79 bits per heavy atom. The first-order valence-electron chi connectivity index (χ1n) is 7.73. The maximum Gasteiger partial charge on any atom is 0.284 e. The standard InChI is InChI=1S/C18H15ClN4O/c1-3-22-11(2)16-14-7-6-12(19)9-15(14)23(18(24)17(16)21-22)13-5-4-8-20-10-13/h4-10H,3H2,1-2H3. The molecule has 24 heavy (non-hydrogen) atoms. The Kier molecular flexibility index (Phi) is 3.39. The zero-order valence-electron chi connectivity index (χ0n) is 13.3. The van der Waals surface area contributed by atoms with Gasteiger partial charge >= 0.3 is 0 Å². The Hall–Kier alpha value is -2.66. The summed E-state index contributed by atoms with van der Waals surface area (Å²) in [5.41, 5.74) is 2.73. The number of nitrogens with zero attached hydrogens (tertiary/aromatic N) is 4. The molecule has 0 atom stereocenters. The van der Waals surface area contributed by atoms with Crippen LogP contribution < -0.4 is 5.56 Å². The zero-order chi connectivity index (χ0) is 16.8. The highest BCUT2D eigenvalue weighted by atomic mass is 35.5. The van der Waals surface area contributed by atoms with Gasteiger partial charge in [0.2, 0.25) is 0 Å². The molecule has 0 aliphatic carbocycles. The van der Waals surface area contributed by atoms with Gasteiger partial charge in [-0.2, -0.15) is 5.10 Å². The molecule has 0 aliphatic heterocycles. The third kappa shape index (κ3) is 2.05. The van der Waals surface area contributed by atoms with Gasteiger partial charge in [-0.1, -0.05) is 17.7 Å².